The first-order valence-corrected chi connectivity index (χ1v) is 9.17. The number of hydrogen-bond acceptors (Lipinski definition) is 9. The van der Waals surface area contributed by atoms with Gasteiger partial charge in [-0.15, -0.1) is 0 Å². The topological polar surface area (TPSA) is 126 Å². The molecule has 1 fully saturated rings. The number of rotatable bonds is 9. The van der Waals surface area contributed by atoms with Crippen LogP contribution in [0, 0.1) is 0 Å². The van der Waals surface area contributed by atoms with Crippen molar-refractivity contribution in [2.24, 2.45) is 0 Å². The molecule has 10 heteroatoms. The molecule has 160 valence electrons. The molecule has 0 aromatic carbocycles. The molecule has 28 heavy (non-hydrogen) atoms. The third-order valence-electron chi connectivity index (χ3n) is 3.85. The maximum Gasteiger partial charge on any atom is 0.303 e. The van der Waals surface area contributed by atoms with E-state index in [-0.39, 0.29) is 6.61 Å². The number of unbranched alkanes of at least 4 members (excludes halogenated alkanes) is 1. The normalized spacial score (nSPS) is 26.8. The van der Waals surface area contributed by atoms with Crippen LogP contribution >= 0.6 is 0 Å². The van der Waals surface area contributed by atoms with Crippen LogP contribution in [0.4, 0.5) is 0 Å². The van der Waals surface area contributed by atoms with E-state index in [0.717, 1.165) is 12.8 Å². The van der Waals surface area contributed by atoms with E-state index in [1.54, 1.807) is 0 Å². The van der Waals surface area contributed by atoms with E-state index in [1.165, 1.54) is 27.7 Å². The number of carbonyl (C=O) groups is 4. The summed E-state index contributed by atoms with van der Waals surface area (Å²) < 4.78 is 27.2. The Balaban J connectivity index is 3.21. The van der Waals surface area contributed by atoms with Gasteiger partial charge in [-0.25, -0.2) is 0 Å². The number of hydrogen-bond donors (Lipinski definition) is 1. The van der Waals surface area contributed by atoms with Gasteiger partial charge in [-0.2, -0.15) is 0 Å². The van der Waals surface area contributed by atoms with Crippen molar-refractivity contribution in [3.8, 4) is 0 Å². The van der Waals surface area contributed by atoms with Crippen LogP contribution in [0.15, 0.2) is 0 Å². The van der Waals surface area contributed by atoms with Crippen LogP contribution in [-0.2, 0) is 42.9 Å². The van der Waals surface area contributed by atoms with Gasteiger partial charge in [0.2, 0.25) is 5.91 Å². The van der Waals surface area contributed by atoms with Crippen LogP contribution in [0.3, 0.4) is 0 Å². The highest BCUT2D eigenvalue weighted by Gasteiger charge is 2.51. The third-order valence-corrected chi connectivity index (χ3v) is 3.85. The summed E-state index contributed by atoms with van der Waals surface area (Å²) in [5, 5.41) is 2.64. The van der Waals surface area contributed by atoms with Crippen molar-refractivity contribution in [1.82, 2.24) is 5.32 Å². The minimum Gasteiger partial charge on any atom is -0.463 e. The van der Waals surface area contributed by atoms with Crippen molar-refractivity contribution in [2.75, 3.05) is 13.2 Å². The molecule has 1 amide bonds. The van der Waals surface area contributed by atoms with E-state index in [1.807, 2.05) is 6.92 Å². The summed E-state index contributed by atoms with van der Waals surface area (Å²) in [7, 11) is 0. The first-order valence-electron chi connectivity index (χ1n) is 9.17. The van der Waals surface area contributed by atoms with Gasteiger partial charge in [-0.1, -0.05) is 13.3 Å². The molecule has 0 bridgehead atoms. The Bertz CT molecular complexity index is 565. The first kappa shape index (κ1) is 23.8. The van der Waals surface area contributed by atoms with Crippen molar-refractivity contribution in [3.05, 3.63) is 0 Å². The van der Waals surface area contributed by atoms with Crippen molar-refractivity contribution in [3.63, 3.8) is 0 Å². The Hall–Kier alpha value is -2.20. The predicted octanol–water partition coefficient (Wildman–Crippen LogP) is 0.459. The Labute approximate surface area is 164 Å². The second-order valence-corrected chi connectivity index (χ2v) is 6.44. The molecule has 0 unspecified atom stereocenters. The van der Waals surface area contributed by atoms with Crippen LogP contribution < -0.4 is 5.32 Å². The SMILES string of the molecule is CCCCO[C@@H]1O[C@H](COC(C)=O)[C@H](OC(C)=O)[C@H](OC(C)=O)[C@@H]1NC(C)=O. The molecular formula is C18H29NO9. The molecular weight excluding hydrogens is 374 g/mol. The van der Waals surface area contributed by atoms with Crippen LogP contribution in [-0.4, -0.2) is 67.7 Å². The smallest absolute Gasteiger partial charge is 0.303 e. The lowest BCUT2D eigenvalue weighted by atomic mass is 9.96. The summed E-state index contributed by atoms with van der Waals surface area (Å²) in [6.07, 6.45) is -2.53. The molecule has 1 aliphatic rings. The first-order chi connectivity index (χ1) is 13.1. The van der Waals surface area contributed by atoms with Gasteiger partial charge in [0.1, 0.15) is 18.8 Å². The molecule has 0 aromatic rings. The fourth-order valence-corrected chi connectivity index (χ4v) is 2.78. The fourth-order valence-electron chi connectivity index (χ4n) is 2.78. The van der Waals surface area contributed by atoms with Crippen LogP contribution in [0.2, 0.25) is 0 Å². The van der Waals surface area contributed by atoms with Crippen molar-refractivity contribution >= 4 is 23.8 Å². The lowest BCUT2D eigenvalue weighted by Gasteiger charge is -2.44. The standard InChI is InChI=1S/C18H29NO9/c1-6-7-8-24-18-15(19-10(2)20)17(27-13(5)23)16(26-12(4)22)14(28-18)9-25-11(3)21/h14-18H,6-9H2,1-5H3,(H,19,20)/t14-,15+,16+,17-,18-/m1/s1. The van der Waals surface area contributed by atoms with Crippen molar-refractivity contribution in [2.45, 2.75) is 78.1 Å². The molecule has 1 N–H and O–H groups in total. The molecule has 5 atom stereocenters. The second-order valence-electron chi connectivity index (χ2n) is 6.44. The summed E-state index contributed by atoms with van der Waals surface area (Å²) in [4.78, 5) is 46.2. The number of esters is 3. The minimum atomic E-state index is -1.11. The Kier molecular flexibility index (Phi) is 9.88. The highest BCUT2D eigenvalue weighted by atomic mass is 16.7. The third kappa shape index (κ3) is 7.81. The zero-order valence-corrected chi connectivity index (χ0v) is 16.9. The summed E-state index contributed by atoms with van der Waals surface area (Å²) >= 11 is 0. The molecule has 0 saturated carbocycles. The van der Waals surface area contributed by atoms with E-state index in [0.29, 0.717) is 6.61 Å². The molecule has 10 nitrogen and oxygen atoms in total. The molecule has 1 aliphatic heterocycles. The monoisotopic (exact) mass is 403 g/mol. The number of ether oxygens (including phenoxy) is 5. The molecule has 0 aromatic heterocycles. The highest BCUT2D eigenvalue weighted by Crippen LogP contribution is 2.28. The average molecular weight is 403 g/mol. The van der Waals surface area contributed by atoms with E-state index < -0.39 is 54.5 Å². The molecule has 1 heterocycles. The zero-order valence-electron chi connectivity index (χ0n) is 16.9. The van der Waals surface area contributed by atoms with Gasteiger partial charge >= 0.3 is 17.9 Å². The highest BCUT2D eigenvalue weighted by molar-refractivity contribution is 5.73. The zero-order chi connectivity index (χ0) is 21.3. The summed E-state index contributed by atoms with van der Waals surface area (Å²) in [5.74, 6) is -2.25. The summed E-state index contributed by atoms with van der Waals surface area (Å²) in [6.45, 7) is 6.97. The van der Waals surface area contributed by atoms with Gasteiger partial charge < -0.3 is 29.0 Å². The molecule has 1 rings (SSSR count). The van der Waals surface area contributed by atoms with E-state index in [4.69, 9.17) is 23.7 Å². The molecule has 0 radical (unpaired) electrons. The lowest BCUT2D eigenvalue weighted by Crippen LogP contribution is -2.66. The van der Waals surface area contributed by atoms with Gasteiger partial charge in [0.05, 0.1) is 0 Å². The van der Waals surface area contributed by atoms with Gasteiger partial charge in [-0.05, 0) is 6.42 Å². The van der Waals surface area contributed by atoms with Crippen molar-refractivity contribution < 1.29 is 42.9 Å². The second kappa shape index (κ2) is 11.6. The summed E-state index contributed by atoms with van der Waals surface area (Å²) in [6, 6.07) is -0.920. The number of carbonyl (C=O) groups excluding carboxylic acids is 4. The molecule has 0 aliphatic carbocycles. The maximum atomic E-state index is 11.7. The van der Waals surface area contributed by atoms with E-state index >= 15 is 0 Å². The molecule has 0 spiro atoms. The fraction of sp³-hybridized carbons (Fsp3) is 0.778. The lowest BCUT2D eigenvalue weighted by molar-refractivity contribution is -0.277. The predicted molar refractivity (Wildman–Crippen MR) is 94.9 cm³/mol. The summed E-state index contributed by atoms with van der Waals surface area (Å²) in [5.41, 5.74) is 0. The number of amides is 1. The Morgan fingerprint density at radius 2 is 1.54 bits per heavy atom. The van der Waals surface area contributed by atoms with Crippen LogP contribution in [0.1, 0.15) is 47.5 Å². The van der Waals surface area contributed by atoms with E-state index in [9.17, 15) is 19.2 Å². The van der Waals surface area contributed by atoms with Gasteiger partial charge in [0.15, 0.2) is 18.5 Å². The van der Waals surface area contributed by atoms with Gasteiger partial charge in [-0.3, -0.25) is 19.2 Å². The molecule has 1 saturated heterocycles. The van der Waals surface area contributed by atoms with Crippen molar-refractivity contribution in [1.29, 1.82) is 0 Å². The van der Waals surface area contributed by atoms with Gasteiger partial charge in [0, 0.05) is 34.3 Å². The average Bonchev–Trinajstić information content (AvgIpc) is 2.57. The Morgan fingerprint density at radius 3 is 2.04 bits per heavy atom. The van der Waals surface area contributed by atoms with Crippen LogP contribution in [0.5, 0.6) is 0 Å². The van der Waals surface area contributed by atoms with Gasteiger partial charge in [0.25, 0.3) is 0 Å². The number of nitrogens with one attached hydrogen (secondary N) is 1. The minimum absolute atomic E-state index is 0.245. The Morgan fingerprint density at radius 1 is 0.929 bits per heavy atom. The quantitative estimate of drug-likeness (QED) is 0.332. The largest absolute Gasteiger partial charge is 0.463 e. The maximum absolute atomic E-state index is 11.7. The van der Waals surface area contributed by atoms with E-state index in [2.05, 4.69) is 5.32 Å². The van der Waals surface area contributed by atoms with Crippen LogP contribution in [0.25, 0.3) is 0 Å².